The van der Waals surface area contributed by atoms with Crippen molar-refractivity contribution in [2.24, 2.45) is 5.92 Å². The van der Waals surface area contributed by atoms with Gasteiger partial charge < -0.3 is 10.6 Å². The van der Waals surface area contributed by atoms with Crippen LogP contribution in [-0.4, -0.2) is 18.5 Å². The molecule has 0 bridgehead atoms. The highest BCUT2D eigenvalue weighted by Crippen LogP contribution is 2.29. The van der Waals surface area contributed by atoms with Gasteiger partial charge in [-0.2, -0.15) is 13.2 Å². The van der Waals surface area contributed by atoms with Crippen LogP contribution in [0.3, 0.4) is 0 Å². The van der Waals surface area contributed by atoms with Crippen molar-refractivity contribution < 1.29 is 18.0 Å². The maximum Gasteiger partial charge on any atom is 0.416 e. The van der Waals surface area contributed by atoms with Crippen molar-refractivity contribution in [1.29, 1.82) is 0 Å². The predicted octanol–water partition coefficient (Wildman–Crippen LogP) is 2.71. The largest absolute Gasteiger partial charge is 0.416 e. The molecule has 1 heterocycles. The van der Waals surface area contributed by atoms with E-state index in [1.165, 1.54) is 12.1 Å². The van der Waals surface area contributed by atoms with Crippen LogP contribution >= 0.6 is 0 Å². The summed E-state index contributed by atoms with van der Waals surface area (Å²) in [4.78, 5) is 12.0. The number of nitrogens with one attached hydrogen (secondary N) is 2. The Morgan fingerprint density at radius 1 is 1.29 bits per heavy atom. The van der Waals surface area contributed by atoms with Gasteiger partial charge in [0.15, 0.2) is 0 Å². The molecule has 1 aliphatic heterocycles. The third-order valence-electron chi connectivity index (χ3n) is 3.78. The minimum atomic E-state index is -4.33. The quantitative estimate of drug-likeness (QED) is 0.901. The first-order valence-electron chi connectivity index (χ1n) is 7.03. The molecule has 0 spiro atoms. The fourth-order valence-corrected chi connectivity index (χ4v) is 2.37. The second-order valence-corrected chi connectivity index (χ2v) is 5.50. The van der Waals surface area contributed by atoms with Gasteiger partial charge in [0.25, 0.3) is 0 Å². The predicted molar refractivity (Wildman–Crippen MR) is 73.5 cm³/mol. The van der Waals surface area contributed by atoms with Crippen LogP contribution in [0.4, 0.5) is 13.2 Å². The molecule has 3 nitrogen and oxygen atoms in total. The third-order valence-corrected chi connectivity index (χ3v) is 3.78. The average molecular weight is 300 g/mol. The molecule has 2 unspecified atom stereocenters. The van der Waals surface area contributed by atoms with E-state index in [2.05, 4.69) is 17.6 Å². The van der Waals surface area contributed by atoms with E-state index in [1.807, 2.05) is 0 Å². The molecule has 6 heteroatoms. The Balaban J connectivity index is 1.84. The molecule has 1 amide bonds. The molecular formula is C15H19F3N2O. The van der Waals surface area contributed by atoms with E-state index >= 15 is 0 Å². The lowest BCUT2D eigenvalue weighted by atomic mass is 9.95. The van der Waals surface area contributed by atoms with Gasteiger partial charge in [0.05, 0.1) is 11.5 Å². The summed E-state index contributed by atoms with van der Waals surface area (Å²) in [5.74, 6) is -0.107. The Bertz CT molecular complexity index is 477. The van der Waals surface area contributed by atoms with Gasteiger partial charge in [-0.25, -0.2) is 0 Å². The molecule has 1 fully saturated rings. The van der Waals surface area contributed by atoms with Crippen molar-refractivity contribution in [1.82, 2.24) is 10.6 Å². The summed E-state index contributed by atoms with van der Waals surface area (Å²) in [6.07, 6.45) is -2.53. The first kappa shape index (κ1) is 15.8. The molecule has 1 aromatic rings. The van der Waals surface area contributed by atoms with Crippen molar-refractivity contribution >= 4 is 5.91 Å². The van der Waals surface area contributed by atoms with Crippen LogP contribution in [0, 0.1) is 5.92 Å². The molecule has 1 aromatic carbocycles. The first-order valence-corrected chi connectivity index (χ1v) is 7.03. The zero-order chi connectivity index (χ0) is 15.5. The van der Waals surface area contributed by atoms with E-state index in [1.54, 1.807) is 0 Å². The standard InChI is InChI=1S/C15H19F3N2O/c1-10-2-5-12(9-19-10)14(21)20-8-11-3-6-13(7-4-11)15(16,17)18/h3-4,6-7,10,12,19H,2,5,8-9H2,1H3,(H,20,21). The summed E-state index contributed by atoms with van der Waals surface area (Å²) >= 11 is 0. The smallest absolute Gasteiger partial charge is 0.352 e. The Kier molecular flexibility index (Phi) is 4.88. The van der Waals surface area contributed by atoms with Crippen LogP contribution in [0.25, 0.3) is 0 Å². The van der Waals surface area contributed by atoms with E-state index in [-0.39, 0.29) is 18.4 Å². The lowest BCUT2D eigenvalue weighted by molar-refractivity contribution is -0.137. The topological polar surface area (TPSA) is 41.1 Å². The SMILES string of the molecule is CC1CCC(C(=O)NCc2ccc(C(F)(F)F)cc2)CN1. The molecule has 0 radical (unpaired) electrons. The Morgan fingerprint density at radius 2 is 1.95 bits per heavy atom. The van der Waals surface area contributed by atoms with Crippen molar-refractivity contribution in [2.45, 2.75) is 38.5 Å². The van der Waals surface area contributed by atoms with Gasteiger partial charge in [-0.15, -0.1) is 0 Å². The number of rotatable bonds is 3. The van der Waals surface area contributed by atoms with Gasteiger partial charge in [0, 0.05) is 19.1 Å². The number of hydrogen-bond acceptors (Lipinski definition) is 2. The zero-order valence-corrected chi connectivity index (χ0v) is 11.8. The summed E-state index contributed by atoms with van der Waals surface area (Å²) in [5.41, 5.74) is -0.0171. The van der Waals surface area contributed by atoms with Gasteiger partial charge in [0.2, 0.25) is 5.91 Å². The van der Waals surface area contributed by atoms with Crippen LogP contribution in [0.5, 0.6) is 0 Å². The molecular weight excluding hydrogens is 281 g/mol. The fraction of sp³-hybridized carbons (Fsp3) is 0.533. The van der Waals surface area contributed by atoms with Crippen LogP contribution in [0.15, 0.2) is 24.3 Å². The van der Waals surface area contributed by atoms with Crippen LogP contribution in [0.2, 0.25) is 0 Å². The van der Waals surface area contributed by atoms with E-state index in [0.717, 1.165) is 25.0 Å². The average Bonchev–Trinajstić information content (AvgIpc) is 2.45. The van der Waals surface area contributed by atoms with Gasteiger partial charge >= 0.3 is 6.18 Å². The summed E-state index contributed by atoms with van der Waals surface area (Å²) in [6.45, 7) is 2.99. The molecule has 2 atom stereocenters. The Hall–Kier alpha value is -1.56. The Morgan fingerprint density at radius 3 is 2.48 bits per heavy atom. The van der Waals surface area contributed by atoms with Crippen LogP contribution in [0.1, 0.15) is 30.9 Å². The molecule has 116 valence electrons. The first-order chi connectivity index (χ1) is 9.86. The normalized spacial score (nSPS) is 22.9. The van der Waals surface area contributed by atoms with Crippen molar-refractivity contribution in [3.05, 3.63) is 35.4 Å². The monoisotopic (exact) mass is 300 g/mol. The number of carbonyl (C=O) groups is 1. The molecule has 1 aliphatic rings. The fourth-order valence-electron chi connectivity index (χ4n) is 2.37. The minimum absolute atomic E-state index is 0.0469. The second-order valence-electron chi connectivity index (χ2n) is 5.50. The Labute approximate surface area is 121 Å². The number of hydrogen-bond donors (Lipinski definition) is 2. The highest BCUT2D eigenvalue weighted by atomic mass is 19.4. The number of amides is 1. The number of carbonyl (C=O) groups excluding carboxylic acids is 1. The van der Waals surface area contributed by atoms with Gasteiger partial charge in [0.1, 0.15) is 0 Å². The highest BCUT2D eigenvalue weighted by Gasteiger charge is 2.30. The van der Waals surface area contributed by atoms with Gasteiger partial charge in [-0.1, -0.05) is 12.1 Å². The molecule has 2 N–H and O–H groups in total. The molecule has 0 aliphatic carbocycles. The van der Waals surface area contributed by atoms with Crippen molar-refractivity contribution in [2.75, 3.05) is 6.54 Å². The second kappa shape index (κ2) is 6.47. The third kappa shape index (κ3) is 4.46. The van der Waals surface area contributed by atoms with E-state index < -0.39 is 11.7 Å². The number of piperidine rings is 1. The number of alkyl halides is 3. The maximum absolute atomic E-state index is 12.4. The maximum atomic E-state index is 12.4. The summed E-state index contributed by atoms with van der Waals surface area (Å²) in [7, 11) is 0. The van der Waals surface area contributed by atoms with E-state index in [0.29, 0.717) is 18.2 Å². The summed E-state index contributed by atoms with van der Waals surface area (Å²) in [6, 6.07) is 5.29. The summed E-state index contributed by atoms with van der Waals surface area (Å²) < 4.78 is 37.3. The lowest BCUT2D eigenvalue weighted by Gasteiger charge is -2.26. The molecule has 2 rings (SSSR count). The lowest BCUT2D eigenvalue weighted by Crippen LogP contribution is -2.43. The molecule has 21 heavy (non-hydrogen) atoms. The summed E-state index contributed by atoms with van der Waals surface area (Å²) in [5, 5.41) is 6.03. The molecule has 0 saturated carbocycles. The molecule has 1 saturated heterocycles. The highest BCUT2D eigenvalue weighted by molar-refractivity contribution is 5.79. The molecule has 0 aromatic heterocycles. The van der Waals surface area contributed by atoms with Crippen LogP contribution in [-0.2, 0) is 17.5 Å². The zero-order valence-electron chi connectivity index (χ0n) is 11.8. The van der Waals surface area contributed by atoms with E-state index in [9.17, 15) is 18.0 Å². The van der Waals surface area contributed by atoms with Crippen LogP contribution < -0.4 is 10.6 Å². The van der Waals surface area contributed by atoms with Crippen molar-refractivity contribution in [3.63, 3.8) is 0 Å². The number of benzene rings is 1. The van der Waals surface area contributed by atoms with Gasteiger partial charge in [-0.3, -0.25) is 4.79 Å². The minimum Gasteiger partial charge on any atom is -0.352 e. The van der Waals surface area contributed by atoms with E-state index in [4.69, 9.17) is 0 Å². The van der Waals surface area contributed by atoms with Gasteiger partial charge in [-0.05, 0) is 37.5 Å². The number of halogens is 3. The van der Waals surface area contributed by atoms with Crippen molar-refractivity contribution in [3.8, 4) is 0 Å².